The minimum atomic E-state index is -4.41. The lowest BCUT2D eigenvalue weighted by atomic mass is 10.0. The summed E-state index contributed by atoms with van der Waals surface area (Å²) >= 11 is 0. The average Bonchev–Trinajstić information content (AvgIpc) is 3.21. The molecule has 10 heteroatoms. The van der Waals surface area contributed by atoms with Crippen molar-refractivity contribution in [1.82, 2.24) is 5.32 Å². The Morgan fingerprint density at radius 2 is 0.966 bits per heavy atom. The number of allylic oxidation sites excluding steroid dienone is 5. The van der Waals surface area contributed by atoms with Crippen molar-refractivity contribution in [3.63, 3.8) is 0 Å². The van der Waals surface area contributed by atoms with E-state index in [2.05, 4.69) is 43.5 Å². The van der Waals surface area contributed by atoms with E-state index in [0.29, 0.717) is 12.8 Å². The van der Waals surface area contributed by atoms with Crippen LogP contribution < -0.4 is 11.1 Å². The second kappa shape index (κ2) is 44.7. The monoisotopic (exact) mass is 855 g/mol. The summed E-state index contributed by atoms with van der Waals surface area (Å²) in [5.41, 5.74) is 5.37. The minimum Gasteiger partial charge on any atom is -0.393 e. The number of unbranched alkanes of at least 4 members (excludes halogenated alkanes) is 28. The third kappa shape index (κ3) is 43.1. The summed E-state index contributed by atoms with van der Waals surface area (Å²) in [4.78, 5) is 22.8. The van der Waals surface area contributed by atoms with Gasteiger partial charge in [-0.1, -0.05) is 204 Å². The maximum Gasteiger partial charge on any atom is 0.472 e. The maximum absolute atomic E-state index is 12.9. The fourth-order valence-corrected chi connectivity index (χ4v) is 8.01. The smallest absolute Gasteiger partial charge is 0.393 e. The van der Waals surface area contributed by atoms with Crippen LogP contribution in [0.3, 0.4) is 0 Å². The molecule has 0 saturated carbocycles. The number of aliphatic hydroxyl groups excluding tert-OH is 2. The molecule has 0 aromatic rings. The van der Waals surface area contributed by atoms with Crippen LogP contribution in [0.25, 0.3) is 0 Å². The van der Waals surface area contributed by atoms with Gasteiger partial charge in [-0.2, -0.15) is 0 Å². The number of nitrogens with one attached hydrogen (secondary N) is 1. The molecule has 348 valence electrons. The molecule has 0 saturated heterocycles. The number of hydrogen-bond acceptors (Lipinski definition) is 7. The van der Waals surface area contributed by atoms with Gasteiger partial charge in [0.05, 0.1) is 37.9 Å². The van der Waals surface area contributed by atoms with Crippen LogP contribution in [0.1, 0.15) is 232 Å². The molecule has 0 rings (SSSR count). The van der Waals surface area contributed by atoms with Gasteiger partial charge < -0.3 is 26.2 Å². The number of carbonyl (C=O) groups is 1. The summed E-state index contributed by atoms with van der Waals surface area (Å²) in [5, 5.41) is 24.1. The molecule has 0 aliphatic carbocycles. The van der Waals surface area contributed by atoms with Gasteiger partial charge in [-0.25, -0.2) is 4.57 Å². The summed E-state index contributed by atoms with van der Waals surface area (Å²) in [6.07, 6.45) is 51.0. The van der Waals surface area contributed by atoms with Crippen molar-refractivity contribution in [2.24, 2.45) is 5.73 Å². The van der Waals surface area contributed by atoms with Crippen LogP contribution in [0.15, 0.2) is 36.5 Å². The van der Waals surface area contributed by atoms with Gasteiger partial charge >= 0.3 is 7.82 Å². The van der Waals surface area contributed by atoms with Crippen molar-refractivity contribution in [3.8, 4) is 0 Å². The maximum atomic E-state index is 12.9. The Hall–Kier alpha value is -1.32. The van der Waals surface area contributed by atoms with Crippen LogP contribution in [0.4, 0.5) is 0 Å². The van der Waals surface area contributed by atoms with Crippen molar-refractivity contribution in [1.29, 1.82) is 0 Å². The number of hydrogen-bond donors (Lipinski definition) is 5. The van der Waals surface area contributed by atoms with Crippen LogP contribution in [-0.2, 0) is 18.4 Å². The molecule has 0 aromatic carbocycles. The van der Waals surface area contributed by atoms with E-state index in [0.717, 1.165) is 44.9 Å². The highest BCUT2D eigenvalue weighted by molar-refractivity contribution is 7.47. The van der Waals surface area contributed by atoms with Crippen LogP contribution in [0.2, 0.25) is 0 Å². The predicted molar refractivity (Wildman–Crippen MR) is 250 cm³/mol. The summed E-state index contributed by atoms with van der Waals surface area (Å²) < 4.78 is 22.1. The molecule has 0 radical (unpaired) electrons. The second-order valence-corrected chi connectivity index (χ2v) is 18.3. The van der Waals surface area contributed by atoms with Gasteiger partial charge in [-0.05, 0) is 57.8 Å². The first-order valence-corrected chi connectivity index (χ1v) is 26.2. The Labute approximate surface area is 363 Å². The normalized spacial score (nSPS) is 14.7. The Morgan fingerprint density at radius 1 is 0.576 bits per heavy atom. The molecule has 9 nitrogen and oxygen atoms in total. The van der Waals surface area contributed by atoms with Crippen molar-refractivity contribution >= 4 is 13.7 Å². The largest absolute Gasteiger partial charge is 0.472 e. The number of amides is 1. The highest BCUT2D eigenvalue weighted by atomic mass is 31.2. The average molecular weight is 855 g/mol. The van der Waals surface area contributed by atoms with E-state index in [1.807, 2.05) is 6.08 Å². The zero-order chi connectivity index (χ0) is 43.3. The molecule has 0 fully saturated rings. The van der Waals surface area contributed by atoms with Gasteiger partial charge in [-0.3, -0.25) is 13.8 Å². The summed E-state index contributed by atoms with van der Waals surface area (Å²) in [5.74, 6) is -0.459. The third-order valence-electron chi connectivity index (χ3n) is 11.0. The van der Waals surface area contributed by atoms with Gasteiger partial charge in [0, 0.05) is 6.54 Å². The zero-order valence-electron chi connectivity index (χ0n) is 38.4. The van der Waals surface area contributed by atoms with E-state index in [1.54, 1.807) is 6.08 Å². The number of phosphoric acid groups is 1. The predicted octanol–water partition coefficient (Wildman–Crippen LogP) is 13.3. The summed E-state index contributed by atoms with van der Waals surface area (Å²) in [7, 11) is -4.41. The van der Waals surface area contributed by atoms with Crippen LogP contribution in [0.5, 0.6) is 0 Å². The summed E-state index contributed by atoms with van der Waals surface area (Å²) in [6.45, 7) is 3.97. The SMILES string of the molecule is CCCCCCCCCCCCC/C=C\CCCCCCCC(O)CC(=O)NC(COP(=O)(O)OCCN)C(O)/C=C/CC/C=C/CCCCCCCCCCCCC. The topological polar surface area (TPSA) is 151 Å². The molecule has 0 bridgehead atoms. The van der Waals surface area contributed by atoms with Crippen molar-refractivity contribution in [2.75, 3.05) is 19.8 Å². The van der Waals surface area contributed by atoms with E-state index in [9.17, 15) is 24.5 Å². The highest BCUT2D eigenvalue weighted by Crippen LogP contribution is 2.43. The first kappa shape index (κ1) is 57.7. The standard InChI is InChI=1S/C49H95N2O7P/c1-3-5-7-9-11-13-15-17-19-21-22-23-25-26-28-30-32-34-36-38-40-46(52)44-49(54)51-47(45-58-59(55,56)57-43-42-50)48(53)41-39-37-35-33-31-29-27-24-20-18-16-14-12-10-8-6-4-2/h25-26,31,33,39,41,46-48,52-53H,3-24,27-30,32,34-38,40,42-45,50H2,1-2H3,(H,51,54)(H,55,56)/b26-25-,33-31+,41-39+. The van der Waals surface area contributed by atoms with Gasteiger partial charge in [0.15, 0.2) is 0 Å². The summed E-state index contributed by atoms with van der Waals surface area (Å²) in [6, 6.07) is -1.00. The van der Waals surface area contributed by atoms with Gasteiger partial charge in [0.2, 0.25) is 5.91 Å². The first-order chi connectivity index (χ1) is 28.8. The Balaban J connectivity index is 4.27. The molecule has 0 heterocycles. The first-order valence-electron chi connectivity index (χ1n) is 24.7. The van der Waals surface area contributed by atoms with Crippen LogP contribution in [-0.4, -0.2) is 59.0 Å². The van der Waals surface area contributed by atoms with E-state index < -0.39 is 38.6 Å². The van der Waals surface area contributed by atoms with Gasteiger partial charge in [0.1, 0.15) is 0 Å². The Morgan fingerprint density at radius 3 is 1.41 bits per heavy atom. The van der Waals surface area contributed by atoms with Crippen molar-refractivity contribution in [3.05, 3.63) is 36.5 Å². The number of aliphatic hydroxyl groups is 2. The Bertz CT molecular complexity index is 1040. The molecule has 4 unspecified atom stereocenters. The van der Waals surface area contributed by atoms with Crippen molar-refractivity contribution in [2.45, 2.75) is 250 Å². The lowest BCUT2D eigenvalue weighted by Gasteiger charge is -2.24. The van der Waals surface area contributed by atoms with Crippen LogP contribution >= 0.6 is 7.82 Å². The molecular weight excluding hydrogens is 760 g/mol. The fourth-order valence-electron chi connectivity index (χ4n) is 7.25. The molecule has 0 aliphatic heterocycles. The number of rotatable bonds is 46. The third-order valence-corrected chi connectivity index (χ3v) is 12.0. The quantitative estimate of drug-likeness (QED) is 0.0231. The van der Waals surface area contributed by atoms with Gasteiger partial charge in [0.25, 0.3) is 0 Å². The number of nitrogens with two attached hydrogens (primary N) is 1. The van der Waals surface area contributed by atoms with E-state index in [-0.39, 0.29) is 19.6 Å². The lowest BCUT2D eigenvalue weighted by Crippen LogP contribution is -2.46. The van der Waals surface area contributed by atoms with Crippen LogP contribution in [0, 0.1) is 0 Å². The molecule has 0 aromatic heterocycles. The van der Waals surface area contributed by atoms with E-state index in [4.69, 9.17) is 14.8 Å². The Kier molecular flexibility index (Phi) is 43.7. The fraction of sp³-hybridized carbons (Fsp3) is 0.857. The van der Waals surface area contributed by atoms with E-state index in [1.165, 1.54) is 154 Å². The highest BCUT2D eigenvalue weighted by Gasteiger charge is 2.27. The molecule has 4 atom stereocenters. The van der Waals surface area contributed by atoms with Gasteiger partial charge in [-0.15, -0.1) is 0 Å². The number of phosphoric ester groups is 1. The lowest BCUT2D eigenvalue weighted by molar-refractivity contribution is -0.124. The van der Waals surface area contributed by atoms with E-state index >= 15 is 0 Å². The molecule has 0 aliphatic rings. The molecule has 0 spiro atoms. The minimum absolute atomic E-state index is 0.0436. The number of carbonyl (C=O) groups excluding carboxylic acids is 1. The molecule has 59 heavy (non-hydrogen) atoms. The zero-order valence-corrected chi connectivity index (χ0v) is 39.3. The second-order valence-electron chi connectivity index (χ2n) is 16.9. The molecule has 6 N–H and O–H groups in total. The molecule has 1 amide bonds. The van der Waals surface area contributed by atoms with Crippen molar-refractivity contribution < 1.29 is 33.5 Å². The molecular formula is C49H95N2O7P.